The number of nitrogens with one attached hydrogen (secondary N) is 1. The van der Waals surface area contributed by atoms with Crippen molar-refractivity contribution in [3.05, 3.63) is 33.9 Å². The Balaban J connectivity index is 2.28. The van der Waals surface area contributed by atoms with E-state index in [1.807, 2.05) is 0 Å². The molecule has 0 bridgehead atoms. The zero-order chi connectivity index (χ0) is 14.0. The van der Waals surface area contributed by atoms with Crippen LogP contribution < -0.4 is 10.1 Å². The topological polar surface area (TPSA) is 102 Å². The number of nitro benzene ring substituents is 1. The molecule has 0 aliphatic carbocycles. The molecule has 0 aromatic heterocycles. The van der Waals surface area contributed by atoms with E-state index in [0.29, 0.717) is 13.1 Å². The van der Waals surface area contributed by atoms with Crippen LogP contribution in [0.1, 0.15) is 12.0 Å². The molecule has 1 heterocycles. The van der Waals surface area contributed by atoms with Gasteiger partial charge in [0.1, 0.15) is 5.60 Å². The number of carboxylic acid groups (broad SMARTS) is 1. The van der Waals surface area contributed by atoms with Crippen LogP contribution in [-0.2, 0) is 4.79 Å². The Morgan fingerprint density at radius 3 is 2.74 bits per heavy atom. The summed E-state index contributed by atoms with van der Waals surface area (Å²) in [4.78, 5) is 21.3. The van der Waals surface area contributed by atoms with E-state index in [1.54, 1.807) is 19.1 Å². The number of hydrogen-bond donors (Lipinski definition) is 2. The Labute approximate surface area is 109 Å². The number of nitrogens with zero attached hydrogens (tertiary/aromatic N) is 1. The number of carbonyl (C=O) groups is 1. The number of carboxylic acids is 1. The summed E-state index contributed by atoms with van der Waals surface area (Å²) >= 11 is 0. The maximum absolute atomic E-state index is 10.9. The van der Waals surface area contributed by atoms with Crippen molar-refractivity contribution in [2.75, 3.05) is 13.1 Å². The molecule has 1 aliphatic heterocycles. The quantitative estimate of drug-likeness (QED) is 0.611. The van der Waals surface area contributed by atoms with Gasteiger partial charge in [0.05, 0.1) is 11.3 Å². The first kappa shape index (κ1) is 13.3. The van der Waals surface area contributed by atoms with Gasteiger partial charge in [-0.05, 0) is 18.6 Å². The fourth-order valence-electron chi connectivity index (χ4n) is 2.00. The second kappa shape index (κ2) is 4.85. The van der Waals surface area contributed by atoms with E-state index in [-0.39, 0.29) is 17.9 Å². The fraction of sp³-hybridized carbons (Fsp3) is 0.417. The Kier molecular flexibility index (Phi) is 3.39. The molecule has 7 nitrogen and oxygen atoms in total. The second-order valence-electron chi connectivity index (χ2n) is 4.69. The van der Waals surface area contributed by atoms with Crippen LogP contribution >= 0.6 is 0 Å². The number of rotatable bonds is 5. The van der Waals surface area contributed by atoms with Crippen LogP contribution in [0, 0.1) is 17.0 Å². The fourth-order valence-corrected chi connectivity index (χ4v) is 2.00. The smallest absolute Gasteiger partial charge is 0.310 e. The van der Waals surface area contributed by atoms with E-state index < -0.39 is 16.5 Å². The molecule has 0 radical (unpaired) electrons. The molecule has 1 fully saturated rings. The summed E-state index contributed by atoms with van der Waals surface area (Å²) in [5, 5.41) is 22.8. The average Bonchev–Trinajstić information content (AvgIpc) is 2.25. The highest BCUT2D eigenvalue weighted by molar-refractivity contribution is 5.68. The second-order valence-corrected chi connectivity index (χ2v) is 4.69. The first-order valence-electron chi connectivity index (χ1n) is 5.78. The van der Waals surface area contributed by atoms with Gasteiger partial charge in [0, 0.05) is 19.2 Å². The van der Waals surface area contributed by atoms with Gasteiger partial charge in [-0.15, -0.1) is 0 Å². The molecule has 1 aromatic rings. The summed E-state index contributed by atoms with van der Waals surface area (Å²) < 4.78 is 5.64. The Hall–Kier alpha value is -2.15. The first-order valence-corrected chi connectivity index (χ1v) is 5.78. The lowest BCUT2D eigenvalue weighted by molar-refractivity contribution is -0.386. The molecular formula is C12H14N2O5. The molecular weight excluding hydrogens is 252 g/mol. The number of aryl methyl sites for hydroxylation is 1. The van der Waals surface area contributed by atoms with Crippen molar-refractivity contribution < 1.29 is 19.6 Å². The summed E-state index contributed by atoms with van der Waals surface area (Å²) in [6, 6.07) is 4.54. The van der Waals surface area contributed by atoms with Crippen LogP contribution in [0.5, 0.6) is 5.75 Å². The van der Waals surface area contributed by atoms with Gasteiger partial charge in [-0.25, -0.2) is 0 Å². The normalized spacial score (nSPS) is 16.5. The van der Waals surface area contributed by atoms with Crippen molar-refractivity contribution in [2.45, 2.75) is 18.9 Å². The minimum atomic E-state index is -0.989. The molecule has 0 spiro atoms. The molecule has 0 amide bonds. The van der Waals surface area contributed by atoms with Crippen LogP contribution in [0.15, 0.2) is 18.2 Å². The number of nitro groups is 1. The Morgan fingerprint density at radius 2 is 2.26 bits per heavy atom. The van der Waals surface area contributed by atoms with E-state index >= 15 is 0 Å². The minimum absolute atomic E-state index is 0.118. The van der Waals surface area contributed by atoms with Crippen LogP contribution in [0.3, 0.4) is 0 Å². The van der Waals surface area contributed by atoms with E-state index in [2.05, 4.69) is 5.32 Å². The van der Waals surface area contributed by atoms with Crippen LogP contribution in [-0.4, -0.2) is 34.7 Å². The van der Waals surface area contributed by atoms with Crippen molar-refractivity contribution in [3.63, 3.8) is 0 Å². The zero-order valence-corrected chi connectivity index (χ0v) is 10.4. The van der Waals surface area contributed by atoms with Gasteiger partial charge in [-0.1, -0.05) is 6.07 Å². The molecule has 102 valence electrons. The number of hydrogen-bond acceptors (Lipinski definition) is 5. The predicted octanol–water partition coefficient (Wildman–Crippen LogP) is 1.10. The van der Waals surface area contributed by atoms with Crippen molar-refractivity contribution in [3.8, 4) is 5.75 Å². The van der Waals surface area contributed by atoms with Gasteiger partial charge in [-0.3, -0.25) is 14.9 Å². The molecule has 2 N–H and O–H groups in total. The van der Waals surface area contributed by atoms with Gasteiger partial charge in [0.15, 0.2) is 5.75 Å². The van der Waals surface area contributed by atoms with Gasteiger partial charge in [0.25, 0.3) is 0 Å². The van der Waals surface area contributed by atoms with E-state index in [0.717, 1.165) is 5.56 Å². The number of benzene rings is 1. The van der Waals surface area contributed by atoms with Crippen molar-refractivity contribution in [1.29, 1.82) is 0 Å². The van der Waals surface area contributed by atoms with Gasteiger partial charge in [-0.2, -0.15) is 0 Å². The summed E-state index contributed by atoms with van der Waals surface area (Å²) in [7, 11) is 0. The summed E-state index contributed by atoms with van der Waals surface area (Å²) in [6.45, 7) is 2.52. The van der Waals surface area contributed by atoms with Crippen LogP contribution in [0.2, 0.25) is 0 Å². The number of ether oxygens (including phenoxy) is 1. The predicted molar refractivity (Wildman–Crippen MR) is 66.3 cm³/mol. The summed E-state index contributed by atoms with van der Waals surface area (Å²) in [6.07, 6.45) is -0.189. The third-order valence-electron chi connectivity index (χ3n) is 3.01. The standard InChI is InChI=1S/C12H14N2O5/c1-8-2-3-9(14(17)18)10(4-8)19-12(5-11(15)16)6-13-7-12/h2-4,13H,5-7H2,1H3,(H,15,16). The summed E-state index contributed by atoms with van der Waals surface area (Å²) in [5.74, 6) is -0.871. The molecule has 1 aliphatic rings. The molecule has 2 rings (SSSR count). The van der Waals surface area contributed by atoms with Gasteiger partial charge in [0.2, 0.25) is 0 Å². The molecule has 1 aromatic carbocycles. The van der Waals surface area contributed by atoms with Crippen LogP contribution in [0.25, 0.3) is 0 Å². The molecule has 1 saturated heterocycles. The van der Waals surface area contributed by atoms with Crippen molar-refractivity contribution >= 4 is 11.7 Å². The zero-order valence-electron chi connectivity index (χ0n) is 10.4. The van der Waals surface area contributed by atoms with Crippen LogP contribution in [0.4, 0.5) is 5.69 Å². The lowest BCUT2D eigenvalue weighted by Gasteiger charge is -2.41. The Bertz CT molecular complexity index is 525. The SMILES string of the molecule is Cc1ccc([N+](=O)[O-])c(OC2(CC(=O)O)CNC2)c1. The largest absolute Gasteiger partial charge is 0.481 e. The number of aliphatic carboxylic acids is 1. The molecule has 0 unspecified atom stereocenters. The van der Waals surface area contributed by atoms with Crippen molar-refractivity contribution in [2.24, 2.45) is 0 Å². The monoisotopic (exact) mass is 266 g/mol. The third kappa shape index (κ3) is 2.82. The summed E-state index contributed by atoms with van der Waals surface area (Å²) in [5.41, 5.74) is -0.231. The molecule has 19 heavy (non-hydrogen) atoms. The van der Waals surface area contributed by atoms with E-state index in [9.17, 15) is 14.9 Å². The Morgan fingerprint density at radius 1 is 1.58 bits per heavy atom. The van der Waals surface area contributed by atoms with Crippen molar-refractivity contribution in [1.82, 2.24) is 5.32 Å². The van der Waals surface area contributed by atoms with E-state index in [1.165, 1.54) is 6.07 Å². The molecule has 7 heteroatoms. The lowest BCUT2D eigenvalue weighted by Crippen LogP contribution is -2.64. The maximum atomic E-state index is 10.9. The molecule has 0 atom stereocenters. The lowest BCUT2D eigenvalue weighted by atomic mass is 9.92. The minimum Gasteiger partial charge on any atom is -0.481 e. The maximum Gasteiger partial charge on any atom is 0.310 e. The molecule has 0 saturated carbocycles. The van der Waals surface area contributed by atoms with E-state index in [4.69, 9.17) is 9.84 Å². The highest BCUT2D eigenvalue weighted by atomic mass is 16.6. The van der Waals surface area contributed by atoms with Gasteiger partial charge >= 0.3 is 11.7 Å². The average molecular weight is 266 g/mol. The first-order chi connectivity index (χ1) is 8.92. The third-order valence-corrected chi connectivity index (χ3v) is 3.01. The highest BCUT2D eigenvalue weighted by Gasteiger charge is 2.42. The highest BCUT2D eigenvalue weighted by Crippen LogP contribution is 2.33. The van der Waals surface area contributed by atoms with Gasteiger partial charge < -0.3 is 15.2 Å².